The van der Waals surface area contributed by atoms with E-state index in [1.165, 1.54) is 30.4 Å². The van der Waals surface area contributed by atoms with Crippen molar-refractivity contribution in [2.45, 2.75) is 82.8 Å². The van der Waals surface area contributed by atoms with Crippen molar-refractivity contribution in [2.75, 3.05) is 11.9 Å². The molecule has 9 heteroatoms. The lowest BCUT2D eigenvalue weighted by molar-refractivity contribution is -0.160. The van der Waals surface area contributed by atoms with E-state index >= 15 is 0 Å². The third kappa shape index (κ3) is 4.81. The van der Waals surface area contributed by atoms with E-state index in [0.29, 0.717) is 22.9 Å². The lowest BCUT2D eigenvalue weighted by Crippen LogP contribution is -2.27. The molecular weight excluding hydrogens is 578 g/mol. The Morgan fingerprint density at radius 3 is 2.82 bits per heavy atom. The van der Waals surface area contributed by atoms with Crippen molar-refractivity contribution in [2.24, 2.45) is 17.8 Å². The van der Waals surface area contributed by atoms with Crippen molar-refractivity contribution in [1.82, 2.24) is 19.5 Å². The first-order chi connectivity index (χ1) is 18.8. The summed E-state index contributed by atoms with van der Waals surface area (Å²) in [4.78, 5) is 13.8. The van der Waals surface area contributed by atoms with Crippen LogP contribution in [0, 0.1) is 17.8 Å². The van der Waals surface area contributed by atoms with E-state index in [0.717, 1.165) is 53.0 Å². The number of allylic oxidation sites excluding steroid dienone is 1. The second-order valence-corrected chi connectivity index (χ2v) is 13.5. The standard InChI is InChI=1S/C30H35BrClN5O2/c1-16-18(6-8-19-12-22(31)28(36-24(16)19)33-14-17-4-5-17)7-9-20-13-23(26-25(20)38-30(2,3)39-26)37-11-10-21-27(32)34-15-35-29(21)37/h6,8,10-12,15-18,20,23,25-26H,4-5,7,9,13-14H2,1-3H3,(H,33,36)/t16?,18?,20-,23+,25+,26-/m0/s1. The minimum atomic E-state index is -0.597. The van der Waals surface area contributed by atoms with Crippen molar-refractivity contribution in [3.63, 3.8) is 0 Å². The van der Waals surface area contributed by atoms with E-state index in [2.05, 4.69) is 67.1 Å². The molecule has 1 aliphatic heterocycles. The summed E-state index contributed by atoms with van der Waals surface area (Å²) < 4.78 is 16.3. The Balaban J connectivity index is 1.09. The van der Waals surface area contributed by atoms with Gasteiger partial charge in [0.1, 0.15) is 29.0 Å². The van der Waals surface area contributed by atoms with Crippen molar-refractivity contribution in [3.8, 4) is 0 Å². The van der Waals surface area contributed by atoms with Crippen LogP contribution >= 0.6 is 27.5 Å². The second-order valence-electron chi connectivity index (χ2n) is 12.3. The Bertz CT molecular complexity index is 1440. The molecule has 3 aromatic rings. The van der Waals surface area contributed by atoms with Crippen molar-refractivity contribution in [3.05, 3.63) is 51.6 Å². The molecule has 3 aromatic heterocycles. The second kappa shape index (κ2) is 9.82. The van der Waals surface area contributed by atoms with Crippen LogP contribution in [0.3, 0.4) is 0 Å². The Morgan fingerprint density at radius 1 is 1.18 bits per heavy atom. The number of fused-ring (bicyclic) bond motifs is 3. The molecule has 3 aliphatic carbocycles. The largest absolute Gasteiger partial charge is 0.369 e. The zero-order valence-electron chi connectivity index (χ0n) is 22.6. The highest BCUT2D eigenvalue weighted by Crippen LogP contribution is 2.50. The van der Waals surface area contributed by atoms with Gasteiger partial charge in [-0.05, 0) is 97.3 Å². The number of ether oxygens (including phenoxy) is 2. The summed E-state index contributed by atoms with van der Waals surface area (Å²) in [6.07, 6.45) is 14.1. The molecule has 0 radical (unpaired) electrons. The number of halogens is 2. The molecule has 4 aliphatic rings. The van der Waals surface area contributed by atoms with Gasteiger partial charge in [0.25, 0.3) is 0 Å². The summed E-state index contributed by atoms with van der Waals surface area (Å²) in [5, 5.41) is 4.93. The number of pyridine rings is 1. The highest BCUT2D eigenvalue weighted by atomic mass is 79.9. The zero-order valence-corrected chi connectivity index (χ0v) is 25.0. The first kappa shape index (κ1) is 25.9. The number of hydrogen-bond donors (Lipinski definition) is 1. The number of rotatable bonds is 7. The van der Waals surface area contributed by atoms with E-state index in [9.17, 15) is 0 Å². The molecule has 6 atom stereocenters. The summed E-state index contributed by atoms with van der Waals surface area (Å²) >= 11 is 10.1. The molecule has 4 heterocycles. The van der Waals surface area contributed by atoms with Crippen LogP contribution < -0.4 is 5.32 Å². The Kier molecular flexibility index (Phi) is 6.53. The molecule has 1 N–H and O–H groups in total. The summed E-state index contributed by atoms with van der Waals surface area (Å²) in [6.45, 7) is 7.38. The van der Waals surface area contributed by atoms with Crippen LogP contribution in [0.5, 0.6) is 0 Å². The number of hydrogen-bond acceptors (Lipinski definition) is 6. The fourth-order valence-corrected chi connectivity index (χ4v) is 7.54. The zero-order chi connectivity index (χ0) is 26.9. The maximum atomic E-state index is 6.51. The molecule has 1 saturated heterocycles. The van der Waals surface area contributed by atoms with Gasteiger partial charge in [0.05, 0.1) is 27.7 Å². The van der Waals surface area contributed by atoms with Gasteiger partial charge in [-0.15, -0.1) is 0 Å². The summed E-state index contributed by atoms with van der Waals surface area (Å²) in [7, 11) is 0. The Labute approximate surface area is 242 Å². The maximum Gasteiger partial charge on any atom is 0.163 e. The van der Waals surface area contributed by atoms with Crippen molar-refractivity contribution in [1.29, 1.82) is 0 Å². The van der Waals surface area contributed by atoms with Gasteiger partial charge in [-0.25, -0.2) is 15.0 Å². The molecule has 3 fully saturated rings. The third-order valence-electron chi connectivity index (χ3n) is 9.13. The fraction of sp³-hybridized carbons (Fsp3) is 0.567. The molecule has 7 rings (SSSR count). The first-order valence-electron chi connectivity index (χ1n) is 14.2. The minimum Gasteiger partial charge on any atom is -0.369 e. The van der Waals surface area contributed by atoms with Gasteiger partial charge in [-0.2, -0.15) is 0 Å². The third-order valence-corrected chi connectivity index (χ3v) is 10.0. The van der Waals surface area contributed by atoms with E-state index in [1.54, 1.807) is 0 Å². The smallest absolute Gasteiger partial charge is 0.163 e. The molecule has 0 spiro atoms. The highest BCUT2D eigenvalue weighted by molar-refractivity contribution is 9.10. The monoisotopic (exact) mass is 611 g/mol. The van der Waals surface area contributed by atoms with Crippen LogP contribution in [0.15, 0.2) is 35.2 Å². The van der Waals surface area contributed by atoms with E-state index in [-0.39, 0.29) is 18.2 Å². The molecular formula is C30H35BrClN5O2. The average molecular weight is 613 g/mol. The Morgan fingerprint density at radius 2 is 2.00 bits per heavy atom. The molecule has 0 amide bonds. The Hall–Kier alpha value is -2.00. The van der Waals surface area contributed by atoms with Gasteiger partial charge in [-0.3, -0.25) is 0 Å². The quantitative estimate of drug-likeness (QED) is 0.281. The molecule has 2 saturated carbocycles. The summed E-state index contributed by atoms with van der Waals surface area (Å²) in [5.74, 6) is 2.38. The molecule has 0 aromatic carbocycles. The topological polar surface area (TPSA) is 74.1 Å². The van der Waals surface area contributed by atoms with Crippen LogP contribution in [-0.2, 0) is 9.47 Å². The number of aromatic nitrogens is 4. The lowest BCUT2D eigenvalue weighted by atomic mass is 9.79. The van der Waals surface area contributed by atoms with Crippen LogP contribution in [0.4, 0.5) is 5.82 Å². The van der Waals surface area contributed by atoms with E-state index in [4.69, 9.17) is 26.1 Å². The number of anilines is 1. The normalized spacial score (nSPS) is 31.0. The van der Waals surface area contributed by atoms with Crippen LogP contribution in [0.2, 0.25) is 5.15 Å². The minimum absolute atomic E-state index is 0.0199. The first-order valence-corrected chi connectivity index (χ1v) is 15.4. The summed E-state index contributed by atoms with van der Waals surface area (Å²) in [6, 6.07) is 4.37. The van der Waals surface area contributed by atoms with Gasteiger partial charge in [-0.1, -0.05) is 30.7 Å². The molecule has 206 valence electrons. The maximum absolute atomic E-state index is 6.51. The van der Waals surface area contributed by atoms with Gasteiger partial charge >= 0.3 is 0 Å². The average Bonchev–Trinajstić information content (AvgIpc) is 3.42. The summed E-state index contributed by atoms with van der Waals surface area (Å²) in [5.41, 5.74) is 3.28. The number of nitrogens with zero attached hydrogens (tertiary/aromatic N) is 4. The predicted octanol–water partition coefficient (Wildman–Crippen LogP) is 7.37. The van der Waals surface area contributed by atoms with Crippen LogP contribution in [0.25, 0.3) is 17.1 Å². The van der Waals surface area contributed by atoms with E-state index < -0.39 is 5.79 Å². The molecule has 2 unspecified atom stereocenters. The highest BCUT2D eigenvalue weighted by Gasteiger charge is 2.54. The van der Waals surface area contributed by atoms with Gasteiger partial charge in [0.15, 0.2) is 5.79 Å². The van der Waals surface area contributed by atoms with Crippen molar-refractivity contribution >= 4 is 50.5 Å². The molecule has 7 nitrogen and oxygen atoms in total. The van der Waals surface area contributed by atoms with Crippen LogP contribution in [0.1, 0.15) is 76.1 Å². The SMILES string of the molecule is CC1c2nc(NCC3CC3)c(Br)cc2C=CC1CC[C@H]1C[C@@H](n2ccc3c(Cl)ncnc32)[C@@H]2OC(C)(C)O[C@H]12. The predicted molar refractivity (Wildman–Crippen MR) is 157 cm³/mol. The van der Waals surface area contributed by atoms with Gasteiger partial charge in [0, 0.05) is 18.7 Å². The fourth-order valence-electron chi connectivity index (χ4n) is 6.87. The van der Waals surface area contributed by atoms with Gasteiger partial charge in [0.2, 0.25) is 0 Å². The number of nitrogens with one attached hydrogen (secondary N) is 1. The molecule has 0 bridgehead atoms. The van der Waals surface area contributed by atoms with E-state index in [1.807, 2.05) is 19.9 Å². The lowest BCUT2D eigenvalue weighted by Gasteiger charge is -2.29. The molecule has 39 heavy (non-hydrogen) atoms. The van der Waals surface area contributed by atoms with Gasteiger partial charge < -0.3 is 19.4 Å². The van der Waals surface area contributed by atoms with Crippen molar-refractivity contribution < 1.29 is 9.47 Å². The van der Waals surface area contributed by atoms with Crippen LogP contribution in [-0.4, -0.2) is 44.1 Å².